The van der Waals surface area contributed by atoms with Gasteiger partial charge in [0.2, 0.25) is 0 Å². The van der Waals surface area contributed by atoms with E-state index in [-0.39, 0.29) is 0 Å². The van der Waals surface area contributed by atoms with Crippen LogP contribution in [-0.2, 0) is 9.88 Å². The van der Waals surface area contributed by atoms with Crippen LogP contribution in [0.3, 0.4) is 0 Å². The summed E-state index contributed by atoms with van der Waals surface area (Å²) in [5, 5.41) is 2.88. The van der Waals surface area contributed by atoms with Gasteiger partial charge in [0.1, 0.15) is 5.82 Å². The van der Waals surface area contributed by atoms with Crippen molar-refractivity contribution in [3.05, 3.63) is 35.9 Å². The lowest BCUT2D eigenvalue weighted by Gasteiger charge is -2.21. The van der Waals surface area contributed by atoms with Crippen molar-refractivity contribution < 1.29 is 9.88 Å². The van der Waals surface area contributed by atoms with E-state index in [4.69, 9.17) is 9.88 Å². The first kappa shape index (κ1) is 9.45. The molecule has 0 fully saturated rings. The van der Waals surface area contributed by atoms with Crippen molar-refractivity contribution in [1.29, 1.82) is 0 Å². The number of anilines is 1. The van der Waals surface area contributed by atoms with Gasteiger partial charge in [-0.3, -0.25) is 0 Å². The van der Waals surface area contributed by atoms with Crippen LogP contribution in [0, 0.1) is 0 Å². The summed E-state index contributed by atoms with van der Waals surface area (Å²) in [5.74, 6) is 0.936. The number of hydroxylamine groups is 1. The Morgan fingerprint density at radius 1 is 1.31 bits per heavy atom. The summed E-state index contributed by atoms with van der Waals surface area (Å²) in [5.41, 5.74) is 2.24. The zero-order valence-electron chi connectivity index (χ0n) is 8.93. The molecule has 0 amide bonds. The van der Waals surface area contributed by atoms with Crippen molar-refractivity contribution in [2.24, 2.45) is 0 Å². The fraction of sp³-hybridized carbons (Fsp3) is 0.167. The highest BCUT2D eigenvalue weighted by atomic mass is 17.3. The number of nitrogens with one attached hydrogen (secondary N) is 1. The fourth-order valence-corrected chi connectivity index (χ4v) is 2.03. The van der Waals surface area contributed by atoms with Gasteiger partial charge in [0.25, 0.3) is 0 Å². The van der Waals surface area contributed by atoms with Gasteiger partial charge in [0, 0.05) is 16.5 Å². The maximum atomic E-state index is 5.09. The van der Waals surface area contributed by atoms with Gasteiger partial charge in [0.05, 0.1) is 13.7 Å². The van der Waals surface area contributed by atoms with Gasteiger partial charge in [-0.15, -0.1) is 4.99 Å². The predicted molar refractivity (Wildman–Crippen MR) is 62.8 cm³/mol. The lowest BCUT2D eigenvalue weighted by molar-refractivity contribution is -0.281. The zero-order chi connectivity index (χ0) is 11.0. The number of nitrogens with zero attached hydrogens (tertiary/aromatic N) is 1. The number of para-hydroxylation sites is 1. The molecule has 2 aromatic rings. The van der Waals surface area contributed by atoms with Crippen molar-refractivity contribution in [3.63, 3.8) is 0 Å². The van der Waals surface area contributed by atoms with Crippen molar-refractivity contribution in [3.8, 4) is 0 Å². The standard InChI is InChI=1S/C12H12N2O2/c1-15-16-14-8-4-6-10-9-5-2-3-7-11(9)13-12(10)14/h2-7,13H,8H2,1H3. The molecular formula is C12H12N2O2. The molecule has 1 aliphatic rings. The summed E-state index contributed by atoms with van der Waals surface area (Å²) in [6, 6.07) is 8.17. The number of H-pyrrole nitrogens is 1. The maximum Gasteiger partial charge on any atom is 0.142 e. The van der Waals surface area contributed by atoms with Crippen LogP contribution in [0.5, 0.6) is 0 Å². The molecule has 1 aromatic carbocycles. The highest BCUT2D eigenvalue weighted by Crippen LogP contribution is 2.32. The molecule has 1 aromatic heterocycles. The topological polar surface area (TPSA) is 37.5 Å². The smallest absolute Gasteiger partial charge is 0.142 e. The molecule has 16 heavy (non-hydrogen) atoms. The van der Waals surface area contributed by atoms with E-state index in [9.17, 15) is 0 Å². The quantitative estimate of drug-likeness (QED) is 0.619. The number of aromatic amines is 1. The van der Waals surface area contributed by atoms with E-state index in [1.54, 1.807) is 5.06 Å². The highest BCUT2D eigenvalue weighted by Gasteiger charge is 2.18. The summed E-state index contributed by atoms with van der Waals surface area (Å²) < 4.78 is 0. The molecule has 2 heterocycles. The van der Waals surface area contributed by atoms with Gasteiger partial charge >= 0.3 is 0 Å². The van der Waals surface area contributed by atoms with Gasteiger partial charge in [-0.2, -0.15) is 0 Å². The van der Waals surface area contributed by atoms with Crippen LogP contribution < -0.4 is 5.06 Å². The van der Waals surface area contributed by atoms with Crippen molar-refractivity contribution in [2.45, 2.75) is 0 Å². The molecule has 0 spiro atoms. The van der Waals surface area contributed by atoms with Gasteiger partial charge < -0.3 is 4.98 Å². The molecule has 82 valence electrons. The lowest BCUT2D eigenvalue weighted by Crippen LogP contribution is -2.25. The molecule has 0 radical (unpaired) electrons. The summed E-state index contributed by atoms with van der Waals surface area (Å²) in [6.07, 6.45) is 4.14. The molecule has 0 saturated heterocycles. The Kier molecular flexibility index (Phi) is 2.16. The average molecular weight is 216 g/mol. The van der Waals surface area contributed by atoms with E-state index in [0.29, 0.717) is 6.54 Å². The normalized spacial score (nSPS) is 14.4. The van der Waals surface area contributed by atoms with Gasteiger partial charge in [-0.05, 0) is 6.07 Å². The lowest BCUT2D eigenvalue weighted by atomic mass is 10.1. The van der Waals surface area contributed by atoms with Crippen LogP contribution in [0.4, 0.5) is 5.82 Å². The number of benzene rings is 1. The zero-order valence-corrected chi connectivity index (χ0v) is 8.93. The van der Waals surface area contributed by atoms with Crippen molar-refractivity contribution in [2.75, 3.05) is 18.7 Å². The minimum atomic E-state index is 0.674. The van der Waals surface area contributed by atoms with Gasteiger partial charge in [0.15, 0.2) is 0 Å². The van der Waals surface area contributed by atoms with Crippen LogP contribution >= 0.6 is 0 Å². The molecular weight excluding hydrogens is 204 g/mol. The molecule has 4 heteroatoms. The molecule has 1 N–H and O–H groups in total. The van der Waals surface area contributed by atoms with E-state index in [0.717, 1.165) is 16.9 Å². The number of rotatable bonds is 2. The SMILES string of the molecule is COON1CC=Cc2c1[nH]c1ccccc21. The summed E-state index contributed by atoms with van der Waals surface area (Å²) in [6.45, 7) is 0.674. The molecule has 0 unspecified atom stereocenters. The van der Waals surface area contributed by atoms with Gasteiger partial charge in [-0.1, -0.05) is 30.4 Å². The van der Waals surface area contributed by atoms with E-state index < -0.39 is 0 Å². The van der Waals surface area contributed by atoms with Crippen LogP contribution in [0.25, 0.3) is 17.0 Å². The summed E-state index contributed by atoms with van der Waals surface area (Å²) in [4.78, 5) is 13.1. The maximum absolute atomic E-state index is 5.09. The van der Waals surface area contributed by atoms with Crippen LogP contribution in [0.1, 0.15) is 5.56 Å². The molecule has 0 atom stereocenters. The van der Waals surface area contributed by atoms with Crippen LogP contribution in [0.15, 0.2) is 30.3 Å². The Labute approximate surface area is 93.0 Å². The Morgan fingerprint density at radius 2 is 2.19 bits per heavy atom. The number of hydrogen-bond donors (Lipinski definition) is 1. The summed E-state index contributed by atoms with van der Waals surface area (Å²) >= 11 is 0. The second-order valence-corrected chi connectivity index (χ2v) is 3.64. The third-order valence-corrected chi connectivity index (χ3v) is 2.70. The molecule has 3 rings (SSSR count). The third kappa shape index (κ3) is 1.31. The van der Waals surface area contributed by atoms with E-state index >= 15 is 0 Å². The minimum absolute atomic E-state index is 0.674. The molecule has 4 nitrogen and oxygen atoms in total. The Balaban J connectivity index is 2.18. The van der Waals surface area contributed by atoms with Crippen LogP contribution in [-0.4, -0.2) is 18.6 Å². The molecule has 0 bridgehead atoms. The second-order valence-electron chi connectivity index (χ2n) is 3.64. The van der Waals surface area contributed by atoms with E-state index in [2.05, 4.69) is 17.1 Å². The molecule has 0 saturated carbocycles. The fourth-order valence-electron chi connectivity index (χ4n) is 2.03. The third-order valence-electron chi connectivity index (χ3n) is 2.70. The molecule has 0 aliphatic carbocycles. The Bertz CT molecular complexity index is 545. The van der Waals surface area contributed by atoms with Crippen molar-refractivity contribution in [1.82, 2.24) is 4.98 Å². The first-order valence-electron chi connectivity index (χ1n) is 5.15. The first-order chi connectivity index (χ1) is 7.90. The largest absolute Gasteiger partial charge is 0.339 e. The second kappa shape index (κ2) is 3.66. The first-order valence-corrected chi connectivity index (χ1v) is 5.15. The van der Waals surface area contributed by atoms with E-state index in [1.807, 2.05) is 24.3 Å². The summed E-state index contributed by atoms with van der Waals surface area (Å²) in [7, 11) is 1.50. The van der Waals surface area contributed by atoms with Crippen LogP contribution in [0.2, 0.25) is 0 Å². The van der Waals surface area contributed by atoms with Crippen molar-refractivity contribution >= 4 is 22.8 Å². The molecule has 1 aliphatic heterocycles. The van der Waals surface area contributed by atoms with Gasteiger partial charge in [-0.25, -0.2) is 9.95 Å². The monoisotopic (exact) mass is 216 g/mol. The number of fused-ring (bicyclic) bond motifs is 3. The minimum Gasteiger partial charge on any atom is -0.339 e. The van der Waals surface area contributed by atoms with E-state index in [1.165, 1.54) is 12.5 Å². The number of hydrogen-bond acceptors (Lipinski definition) is 3. The Hall–Kier alpha value is -1.78. The average Bonchev–Trinajstić information content (AvgIpc) is 2.69. The number of aromatic nitrogens is 1. The predicted octanol–water partition coefficient (Wildman–Crippen LogP) is 2.49. The Morgan fingerprint density at radius 3 is 3.06 bits per heavy atom. The highest BCUT2D eigenvalue weighted by molar-refractivity contribution is 5.95.